The van der Waals surface area contributed by atoms with Gasteiger partial charge in [-0.05, 0) is 22.0 Å². The Balaban J connectivity index is 3.04. The lowest BCUT2D eigenvalue weighted by Crippen LogP contribution is -2.13. The number of hydrogen-bond donors (Lipinski definition) is 0. The van der Waals surface area contributed by atoms with E-state index in [0.29, 0.717) is 6.07 Å². The molecular formula is C9H7BrFNO5. The van der Waals surface area contributed by atoms with Crippen LogP contribution in [-0.2, 0) is 9.53 Å². The van der Waals surface area contributed by atoms with Crippen LogP contribution < -0.4 is 4.74 Å². The van der Waals surface area contributed by atoms with Crippen LogP contribution in [0.4, 0.5) is 10.1 Å². The zero-order valence-electron chi connectivity index (χ0n) is 8.61. The summed E-state index contributed by atoms with van der Waals surface area (Å²) in [7, 11) is 1.15. The van der Waals surface area contributed by atoms with Gasteiger partial charge in [-0.3, -0.25) is 10.1 Å². The number of carbonyl (C=O) groups excluding carboxylic acids is 1. The van der Waals surface area contributed by atoms with E-state index < -0.39 is 29.0 Å². The molecular weight excluding hydrogens is 301 g/mol. The number of nitro groups is 1. The van der Waals surface area contributed by atoms with Crippen molar-refractivity contribution in [3.8, 4) is 5.75 Å². The summed E-state index contributed by atoms with van der Waals surface area (Å²) in [5.74, 6) is -1.70. The molecule has 0 unspecified atom stereocenters. The summed E-state index contributed by atoms with van der Waals surface area (Å²) in [6.45, 7) is -0.498. The second-order valence-electron chi connectivity index (χ2n) is 2.86. The Labute approximate surface area is 104 Å². The lowest BCUT2D eigenvalue weighted by Gasteiger charge is -2.07. The largest absolute Gasteiger partial charge is 0.474 e. The van der Waals surface area contributed by atoms with E-state index in [9.17, 15) is 19.3 Å². The molecule has 0 bridgehead atoms. The molecule has 0 aliphatic rings. The van der Waals surface area contributed by atoms with Gasteiger partial charge in [-0.2, -0.15) is 0 Å². The van der Waals surface area contributed by atoms with Crippen molar-refractivity contribution in [3.63, 3.8) is 0 Å². The zero-order valence-corrected chi connectivity index (χ0v) is 10.2. The van der Waals surface area contributed by atoms with Crippen LogP contribution in [0, 0.1) is 15.9 Å². The number of carbonyl (C=O) groups is 1. The van der Waals surface area contributed by atoms with E-state index in [1.54, 1.807) is 0 Å². The molecule has 1 aromatic rings. The van der Waals surface area contributed by atoms with E-state index in [1.165, 1.54) is 0 Å². The normalized spacial score (nSPS) is 9.82. The number of hydrogen-bond acceptors (Lipinski definition) is 5. The summed E-state index contributed by atoms with van der Waals surface area (Å²) in [5.41, 5.74) is -0.569. The molecule has 1 rings (SSSR count). The Hall–Kier alpha value is -1.70. The Morgan fingerprint density at radius 2 is 2.24 bits per heavy atom. The van der Waals surface area contributed by atoms with Gasteiger partial charge in [-0.15, -0.1) is 0 Å². The first-order valence-electron chi connectivity index (χ1n) is 4.28. The Morgan fingerprint density at radius 3 is 2.76 bits per heavy atom. The van der Waals surface area contributed by atoms with E-state index in [2.05, 4.69) is 20.7 Å². The molecule has 1 aromatic carbocycles. The summed E-state index contributed by atoms with van der Waals surface area (Å²) in [4.78, 5) is 20.7. The molecule has 8 heteroatoms. The lowest BCUT2D eigenvalue weighted by molar-refractivity contribution is -0.386. The Morgan fingerprint density at radius 1 is 1.59 bits per heavy atom. The summed E-state index contributed by atoms with van der Waals surface area (Å²) >= 11 is 2.92. The summed E-state index contributed by atoms with van der Waals surface area (Å²) in [5, 5.41) is 10.7. The molecule has 0 saturated heterocycles. The minimum Gasteiger partial charge on any atom is -0.474 e. The standard InChI is InChI=1S/C9H7BrFNO5/c1-16-8(13)4-17-9-6(10)2-5(11)3-7(9)12(14)15/h2-3H,4H2,1H3. The molecule has 92 valence electrons. The van der Waals surface area contributed by atoms with E-state index >= 15 is 0 Å². The van der Waals surface area contributed by atoms with Crippen molar-refractivity contribution in [2.45, 2.75) is 0 Å². The minimum atomic E-state index is -0.805. The molecule has 6 nitrogen and oxygen atoms in total. The highest BCUT2D eigenvalue weighted by Gasteiger charge is 2.21. The van der Waals surface area contributed by atoms with Crippen molar-refractivity contribution in [1.82, 2.24) is 0 Å². The van der Waals surface area contributed by atoms with Crippen LogP contribution in [-0.4, -0.2) is 24.6 Å². The van der Waals surface area contributed by atoms with Crippen molar-refractivity contribution in [2.75, 3.05) is 13.7 Å². The molecule has 0 heterocycles. The van der Waals surface area contributed by atoms with Gasteiger partial charge in [-0.1, -0.05) is 0 Å². The van der Waals surface area contributed by atoms with Crippen LogP contribution in [0.3, 0.4) is 0 Å². The maximum absolute atomic E-state index is 13.0. The monoisotopic (exact) mass is 307 g/mol. The van der Waals surface area contributed by atoms with E-state index in [1.807, 2.05) is 0 Å². The quantitative estimate of drug-likeness (QED) is 0.483. The zero-order chi connectivity index (χ0) is 13.0. The third kappa shape index (κ3) is 3.38. The molecule has 0 aliphatic carbocycles. The first-order valence-corrected chi connectivity index (χ1v) is 5.08. The van der Waals surface area contributed by atoms with Crippen molar-refractivity contribution < 1.29 is 23.6 Å². The number of nitrogens with zero attached hydrogens (tertiary/aromatic N) is 1. The summed E-state index contributed by atoms with van der Waals surface area (Å²) in [6.07, 6.45) is 0. The van der Waals surface area contributed by atoms with E-state index in [4.69, 9.17) is 4.74 Å². The first-order chi connectivity index (χ1) is 7.95. The summed E-state index contributed by atoms with van der Waals surface area (Å²) in [6, 6.07) is 1.71. The number of rotatable bonds is 4. The van der Waals surface area contributed by atoms with Gasteiger partial charge in [0.05, 0.1) is 22.6 Å². The smallest absolute Gasteiger partial charge is 0.343 e. The maximum Gasteiger partial charge on any atom is 0.343 e. The van der Waals surface area contributed by atoms with Crippen LogP contribution in [0.15, 0.2) is 16.6 Å². The second kappa shape index (κ2) is 5.58. The lowest BCUT2D eigenvalue weighted by atomic mass is 10.3. The number of nitro benzene ring substituents is 1. The number of halogens is 2. The van der Waals surface area contributed by atoms with Gasteiger partial charge < -0.3 is 9.47 Å². The van der Waals surface area contributed by atoms with Gasteiger partial charge in [0.25, 0.3) is 0 Å². The van der Waals surface area contributed by atoms with Crippen molar-refractivity contribution in [2.24, 2.45) is 0 Å². The van der Waals surface area contributed by atoms with Gasteiger partial charge in [0, 0.05) is 0 Å². The number of methoxy groups -OCH3 is 1. The Kier molecular flexibility index (Phi) is 4.38. The molecule has 0 radical (unpaired) electrons. The number of benzene rings is 1. The molecule has 0 amide bonds. The fraction of sp³-hybridized carbons (Fsp3) is 0.222. The third-order valence-corrected chi connectivity index (χ3v) is 2.34. The minimum absolute atomic E-state index is 0.0492. The SMILES string of the molecule is COC(=O)COc1c(Br)cc(F)cc1[N+](=O)[O-]. The molecule has 0 aliphatic heterocycles. The predicted molar refractivity (Wildman–Crippen MR) is 58.3 cm³/mol. The van der Waals surface area contributed by atoms with Crippen LogP contribution in [0.1, 0.15) is 0 Å². The molecule has 0 atom stereocenters. The van der Waals surface area contributed by atoms with Crippen LogP contribution in [0.25, 0.3) is 0 Å². The third-order valence-electron chi connectivity index (χ3n) is 1.75. The molecule has 0 aromatic heterocycles. The van der Waals surface area contributed by atoms with Gasteiger partial charge in [0.2, 0.25) is 5.75 Å². The average Bonchev–Trinajstić information content (AvgIpc) is 2.26. The van der Waals surface area contributed by atoms with E-state index in [0.717, 1.165) is 13.2 Å². The maximum atomic E-state index is 13.0. The van der Waals surface area contributed by atoms with Gasteiger partial charge in [0.1, 0.15) is 5.82 Å². The molecule has 0 fully saturated rings. The summed E-state index contributed by atoms with van der Waals surface area (Å²) < 4.78 is 22.2. The van der Waals surface area contributed by atoms with Crippen molar-refractivity contribution in [1.29, 1.82) is 0 Å². The van der Waals surface area contributed by atoms with Gasteiger partial charge >= 0.3 is 11.7 Å². The van der Waals surface area contributed by atoms with Gasteiger partial charge in [0.15, 0.2) is 6.61 Å². The first kappa shape index (κ1) is 13.4. The second-order valence-corrected chi connectivity index (χ2v) is 3.71. The van der Waals surface area contributed by atoms with E-state index in [-0.39, 0.29) is 10.2 Å². The van der Waals surface area contributed by atoms with Crippen molar-refractivity contribution in [3.05, 3.63) is 32.5 Å². The fourth-order valence-electron chi connectivity index (χ4n) is 1.02. The highest BCUT2D eigenvalue weighted by atomic mass is 79.9. The topological polar surface area (TPSA) is 78.7 Å². The average molecular weight is 308 g/mol. The van der Waals surface area contributed by atoms with Crippen LogP contribution in [0.5, 0.6) is 5.75 Å². The highest BCUT2D eigenvalue weighted by molar-refractivity contribution is 9.10. The number of esters is 1. The van der Waals surface area contributed by atoms with Crippen LogP contribution in [0.2, 0.25) is 0 Å². The van der Waals surface area contributed by atoms with Gasteiger partial charge in [-0.25, -0.2) is 9.18 Å². The molecule has 0 spiro atoms. The molecule has 17 heavy (non-hydrogen) atoms. The highest BCUT2D eigenvalue weighted by Crippen LogP contribution is 2.35. The molecule has 0 N–H and O–H groups in total. The Bertz CT molecular complexity index is 465. The van der Waals surface area contributed by atoms with Crippen molar-refractivity contribution >= 4 is 27.6 Å². The van der Waals surface area contributed by atoms with Crippen LogP contribution >= 0.6 is 15.9 Å². The molecule has 0 saturated carbocycles. The fourth-order valence-corrected chi connectivity index (χ4v) is 1.55. The number of ether oxygens (including phenoxy) is 2. The predicted octanol–water partition coefficient (Wildman–Crippen LogP) is 2.05.